The molecule has 29 heavy (non-hydrogen) atoms. The summed E-state index contributed by atoms with van der Waals surface area (Å²) in [7, 11) is 1.17. The summed E-state index contributed by atoms with van der Waals surface area (Å²) in [6.07, 6.45) is -0.305. The van der Waals surface area contributed by atoms with Gasteiger partial charge in [-0.1, -0.05) is 6.07 Å². The van der Waals surface area contributed by atoms with Gasteiger partial charge in [-0.2, -0.15) is 0 Å². The van der Waals surface area contributed by atoms with Gasteiger partial charge in [-0.3, -0.25) is 14.5 Å². The molecule has 8 heteroatoms. The number of allylic oxidation sites excluding steroid dienone is 1. The normalized spacial score (nSPS) is 16.6. The van der Waals surface area contributed by atoms with Crippen LogP contribution in [0.2, 0.25) is 0 Å². The van der Waals surface area contributed by atoms with Gasteiger partial charge in [0.2, 0.25) is 11.8 Å². The van der Waals surface area contributed by atoms with Crippen LogP contribution in [-0.4, -0.2) is 24.9 Å². The molecule has 1 heterocycles. The molecule has 0 saturated carbocycles. The van der Waals surface area contributed by atoms with E-state index in [4.69, 9.17) is 4.74 Å². The van der Waals surface area contributed by atoms with Gasteiger partial charge in [0.05, 0.1) is 18.6 Å². The van der Waals surface area contributed by atoms with Crippen LogP contribution in [0.1, 0.15) is 13.3 Å². The van der Waals surface area contributed by atoms with Gasteiger partial charge in [-0.25, -0.2) is 13.6 Å². The Labute approximate surface area is 165 Å². The van der Waals surface area contributed by atoms with Crippen molar-refractivity contribution in [2.45, 2.75) is 13.3 Å². The zero-order chi connectivity index (χ0) is 21.1. The molecule has 0 spiro atoms. The highest BCUT2D eigenvalue weighted by Crippen LogP contribution is 2.34. The number of hydrogen-bond acceptors (Lipinski definition) is 4. The first-order valence-corrected chi connectivity index (χ1v) is 8.76. The average molecular weight is 400 g/mol. The smallest absolute Gasteiger partial charge is 0.336 e. The Hall–Kier alpha value is -3.55. The molecule has 3 rings (SSSR count). The Morgan fingerprint density at radius 3 is 2.41 bits per heavy atom. The second kappa shape index (κ2) is 8.22. The standard InChI is InChI=1S/C21H18F2N2O4/c1-12-19(21(28)29-2)17(20(27)24-15-5-3-4-14(23)10-15)11-18(26)25(12)16-8-6-13(22)7-9-16/h3-10,17H,11H2,1-2H3,(H,24,27). The number of carbonyl (C=O) groups is 3. The molecule has 0 fully saturated rings. The maximum Gasteiger partial charge on any atom is 0.336 e. The number of rotatable bonds is 4. The average Bonchev–Trinajstić information content (AvgIpc) is 2.68. The van der Waals surface area contributed by atoms with Crippen molar-refractivity contribution in [1.82, 2.24) is 0 Å². The van der Waals surface area contributed by atoms with Gasteiger partial charge in [-0.15, -0.1) is 0 Å². The zero-order valence-corrected chi connectivity index (χ0v) is 15.7. The van der Waals surface area contributed by atoms with E-state index in [9.17, 15) is 23.2 Å². The minimum Gasteiger partial charge on any atom is -0.466 e. The lowest BCUT2D eigenvalue weighted by molar-refractivity contribution is -0.138. The molecule has 0 radical (unpaired) electrons. The van der Waals surface area contributed by atoms with Crippen molar-refractivity contribution in [2.75, 3.05) is 17.3 Å². The number of amides is 2. The number of benzene rings is 2. The molecular weight excluding hydrogens is 382 g/mol. The van der Waals surface area contributed by atoms with E-state index in [-0.39, 0.29) is 23.4 Å². The Kier molecular flexibility index (Phi) is 5.72. The minimum atomic E-state index is -1.12. The molecule has 1 aliphatic rings. The Morgan fingerprint density at radius 2 is 1.79 bits per heavy atom. The topological polar surface area (TPSA) is 75.7 Å². The van der Waals surface area contributed by atoms with Gasteiger partial charge in [0.15, 0.2) is 0 Å². The summed E-state index contributed by atoms with van der Waals surface area (Å²) in [4.78, 5) is 39.2. The van der Waals surface area contributed by atoms with Gasteiger partial charge in [0.1, 0.15) is 11.6 Å². The Morgan fingerprint density at radius 1 is 1.10 bits per heavy atom. The van der Waals surface area contributed by atoms with Crippen LogP contribution in [0.15, 0.2) is 59.8 Å². The Bertz CT molecular complexity index is 1000. The molecule has 1 N–H and O–H groups in total. The Balaban J connectivity index is 1.99. The first-order chi connectivity index (χ1) is 13.8. The first-order valence-electron chi connectivity index (χ1n) is 8.76. The number of carbonyl (C=O) groups excluding carboxylic acids is 3. The van der Waals surface area contributed by atoms with Crippen LogP contribution in [0.5, 0.6) is 0 Å². The van der Waals surface area contributed by atoms with Gasteiger partial charge in [0, 0.05) is 23.5 Å². The monoisotopic (exact) mass is 400 g/mol. The predicted molar refractivity (Wildman–Crippen MR) is 102 cm³/mol. The molecule has 1 unspecified atom stereocenters. The third-order valence-electron chi connectivity index (χ3n) is 4.60. The number of halogens is 2. The molecule has 0 saturated heterocycles. The molecule has 1 atom stereocenters. The van der Waals surface area contributed by atoms with E-state index < -0.39 is 35.3 Å². The largest absolute Gasteiger partial charge is 0.466 e. The summed E-state index contributed by atoms with van der Waals surface area (Å²) in [5.41, 5.74) is 0.772. The van der Waals surface area contributed by atoms with E-state index in [2.05, 4.69) is 5.32 Å². The van der Waals surface area contributed by atoms with E-state index in [1.54, 1.807) is 0 Å². The van der Waals surface area contributed by atoms with Gasteiger partial charge in [-0.05, 0) is 49.4 Å². The van der Waals surface area contributed by atoms with E-state index in [0.717, 1.165) is 6.07 Å². The van der Waals surface area contributed by atoms with E-state index in [1.165, 1.54) is 61.4 Å². The van der Waals surface area contributed by atoms with E-state index >= 15 is 0 Å². The quantitative estimate of drug-likeness (QED) is 0.799. The number of anilines is 2. The first kappa shape index (κ1) is 20.2. The van der Waals surface area contributed by atoms with E-state index in [1.807, 2.05) is 0 Å². The van der Waals surface area contributed by atoms with Crippen molar-refractivity contribution in [3.8, 4) is 0 Å². The number of hydrogen-bond donors (Lipinski definition) is 1. The van der Waals surface area contributed by atoms with Gasteiger partial charge < -0.3 is 10.1 Å². The lowest BCUT2D eigenvalue weighted by Crippen LogP contribution is -2.43. The fourth-order valence-corrected chi connectivity index (χ4v) is 3.27. The number of nitrogens with one attached hydrogen (secondary N) is 1. The summed E-state index contributed by atoms with van der Waals surface area (Å²) in [5.74, 6) is -3.97. The molecule has 0 aliphatic carbocycles. The number of methoxy groups -OCH3 is 1. The fraction of sp³-hybridized carbons (Fsp3) is 0.190. The molecule has 2 aromatic carbocycles. The van der Waals surface area contributed by atoms with Crippen molar-refractivity contribution in [3.05, 3.63) is 71.4 Å². The van der Waals surface area contributed by atoms with Crippen LogP contribution in [0.4, 0.5) is 20.2 Å². The highest BCUT2D eigenvalue weighted by molar-refractivity contribution is 6.10. The van der Waals surface area contributed by atoms with Crippen LogP contribution in [0, 0.1) is 17.6 Å². The van der Waals surface area contributed by atoms with Crippen LogP contribution in [0.3, 0.4) is 0 Å². The summed E-state index contributed by atoms with van der Waals surface area (Å²) in [6, 6.07) is 10.5. The van der Waals surface area contributed by atoms with Gasteiger partial charge >= 0.3 is 5.97 Å². The van der Waals surface area contributed by atoms with Crippen molar-refractivity contribution < 1.29 is 27.9 Å². The SMILES string of the molecule is COC(=O)C1=C(C)N(c2ccc(F)cc2)C(=O)CC1C(=O)Nc1cccc(F)c1. The maximum absolute atomic E-state index is 13.4. The summed E-state index contributed by atoms with van der Waals surface area (Å²) >= 11 is 0. The lowest BCUT2D eigenvalue weighted by Gasteiger charge is -2.33. The van der Waals surface area contributed by atoms with Crippen molar-refractivity contribution in [3.63, 3.8) is 0 Å². The van der Waals surface area contributed by atoms with E-state index in [0.29, 0.717) is 5.69 Å². The van der Waals surface area contributed by atoms with Crippen LogP contribution >= 0.6 is 0 Å². The zero-order valence-electron chi connectivity index (χ0n) is 15.7. The molecule has 2 aromatic rings. The second-order valence-corrected chi connectivity index (χ2v) is 6.45. The lowest BCUT2D eigenvalue weighted by atomic mass is 9.88. The third kappa shape index (κ3) is 4.16. The van der Waals surface area contributed by atoms with Crippen molar-refractivity contribution in [2.24, 2.45) is 5.92 Å². The fourth-order valence-electron chi connectivity index (χ4n) is 3.27. The van der Waals surface area contributed by atoms with Crippen molar-refractivity contribution in [1.29, 1.82) is 0 Å². The maximum atomic E-state index is 13.4. The van der Waals surface area contributed by atoms with Crippen LogP contribution in [0.25, 0.3) is 0 Å². The molecule has 0 aromatic heterocycles. The molecule has 0 bridgehead atoms. The number of nitrogens with zero attached hydrogens (tertiary/aromatic N) is 1. The highest BCUT2D eigenvalue weighted by Gasteiger charge is 2.40. The number of esters is 1. The molecule has 6 nitrogen and oxygen atoms in total. The summed E-state index contributed by atoms with van der Waals surface area (Å²) in [5, 5.41) is 2.52. The van der Waals surface area contributed by atoms with Crippen molar-refractivity contribution >= 4 is 29.2 Å². The third-order valence-corrected chi connectivity index (χ3v) is 4.60. The number of ether oxygens (including phenoxy) is 1. The second-order valence-electron chi connectivity index (χ2n) is 6.45. The molecule has 150 valence electrons. The summed E-state index contributed by atoms with van der Waals surface area (Å²) in [6.45, 7) is 1.51. The highest BCUT2D eigenvalue weighted by atomic mass is 19.1. The van der Waals surface area contributed by atoms with Gasteiger partial charge in [0.25, 0.3) is 0 Å². The minimum absolute atomic E-state index is 0.00493. The molecule has 2 amide bonds. The van der Waals surface area contributed by atoms with Crippen LogP contribution in [-0.2, 0) is 19.1 Å². The molecule has 1 aliphatic heterocycles. The predicted octanol–water partition coefficient (Wildman–Crippen LogP) is 3.40. The summed E-state index contributed by atoms with van der Waals surface area (Å²) < 4.78 is 31.4. The molecular formula is C21H18F2N2O4. The van der Waals surface area contributed by atoms with Crippen LogP contribution < -0.4 is 10.2 Å².